The minimum atomic E-state index is -4.00. The van der Waals surface area contributed by atoms with Crippen LogP contribution in [0.1, 0.15) is 18.4 Å². The maximum absolute atomic E-state index is 13.6. The molecule has 0 atom stereocenters. The molecule has 134 valence electrons. The highest BCUT2D eigenvalue weighted by Crippen LogP contribution is 2.20. The molecule has 0 unspecified atom stereocenters. The molecule has 0 radical (unpaired) electrons. The van der Waals surface area contributed by atoms with Crippen molar-refractivity contribution in [2.24, 2.45) is 0 Å². The van der Waals surface area contributed by atoms with E-state index in [1.54, 1.807) is 0 Å². The van der Waals surface area contributed by atoms with Gasteiger partial charge in [-0.3, -0.25) is 0 Å². The molecule has 7 heteroatoms. The first kappa shape index (κ1) is 17.8. The fourth-order valence-corrected chi connectivity index (χ4v) is 4.04. The van der Waals surface area contributed by atoms with Crippen LogP contribution in [0.3, 0.4) is 0 Å². The summed E-state index contributed by atoms with van der Waals surface area (Å²) >= 11 is 0. The number of nitrogens with zero attached hydrogens (tertiary/aromatic N) is 1. The molecular formula is C18H20F2N2O2S. The molecule has 1 heterocycles. The number of hydrogen-bond donors (Lipinski definition) is 1. The van der Waals surface area contributed by atoms with Gasteiger partial charge in [0.05, 0.1) is 0 Å². The lowest BCUT2D eigenvalue weighted by Crippen LogP contribution is -2.26. The molecule has 25 heavy (non-hydrogen) atoms. The van der Waals surface area contributed by atoms with Gasteiger partial charge in [-0.25, -0.2) is 21.9 Å². The molecule has 2 aromatic rings. The van der Waals surface area contributed by atoms with Crippen LogP contribution >= 0.6 is 0 Å². The first-order valence-corrected chi connectivity index (χ1v) is 9.73. The fraction of sp³-hybridized carbons (Fsp3) is 0.333. The summed E-state index contributed by atoms with van der Waals surface area (Å²) in [4.78, 5) is 1.78. The predicted molar refractivity (Wildman–Crippen MR) is 93.1 cm³/mol. The van der Waals surface area contributed by atoms with E-state index < -0.39 is 26.6 Å². The summed E-state index contributed by atoms with van der Waals surface area (Å²) in [5.74, 6) is -1.91. The van der Waals surface area contributed by atoms with Crippen LogP contribution in [0.15, 0.2) is 47.4 Å². The largest absolute Gasteiger partial charge is 0.372 e. The smallest absolute Gasteiger partial charge is 0.243 e. The minimum absolute atomic E-state index is 0.141. The van der Waals surface area contributed by atoms with Crippen molar-refractivity contribution in [3.63, 3.8) is 0 Å². The Hall–Kier alpha value is -1.99. The third-order valence-electron chi connectivity index (χ3n) is 4.30. The zero-order valence-electron chi connectivity index (χ0n) is 13.7. The number of sulfonamides is 1. The Morgan fingerprint density at radius 2 is 1.68 bits per heavy atom. The topological polar surface area (TPSA) is 49.4 Å². The Morgan fingerprint density at radius 1 is 1.00 bits per heavy atom. The summed E-state index contributed by atoms with van der Waals surface area (Å²) in [6, 6.07) is 10.4. The van der Waals surface area contributed by atoms with Gasteiger partial charge in [-0.05, 0) is 49.1 Å². The van der Waals surface area contributed by atoms with Crippen molar-refractivity contribution in [3.8, 4) is 0 Å². The van der Waals surface area contributed by atoms with Gasteiger partial charge >= 0.3 is 0 Å². The van der Waals surface area contributed by atoms with Crippen molar-refractivity contribution in [2.75, 3.05) is 24.5 Å². The lowest BCUT2D eigenvalue weighted by atomic mass is 10.1. The van der Waals surface area contributed by atoms with E-state index in [0.29, 0.717) is 12.5 Å². The van der Waals surface area contributed by atoms with E-state index in [1.165, 1.54) is 18.5 Å². The molecule has 0 amide bonds. The van der Waals surface area contributed by atoms with Crippen molar-refractivity contribution < 1.29 is 17.2 Å². The number of anilines is 1. The number of nitrogens with one attached hydrogen (secondary N) is 1. The van der Waals surface area contributed by atoms with Crippen LogP contribution in [0.2, 0.25) is 0 Å². The molecule has 1 aliphatic rings. The van der Waals surface area contributed by atoms with Gasteiger partial charge in [0.1, 0.15) is 16.5 Å². The second-order valence-corrected chi connectivity index (χ2v) is 7.82. The number of hydrogen-bond acceptors (Lipinski definition) is 3. The quantitative estimate of drug-likeness (QED) is 0.855. The SMILES string of the molecule is O=S(=O)(NCCc1ccc(N2CCCC2)cc1)c1ccc(F)cc1F. The summed E-state index contributed by atoms with van der Waals surface area (Å²) in [6.45, 7) is 2.28. The number of rotatable bonds is 6. The standard InChI is InChI=1S/C18H20F2N2O2S/c19-15-5-8-18(17(20)13-15)25(23,24)21-10-9-14-3-6-16(7-4-14)22-11-1-2-12-22/h3-8,13,21H,1-2,9-12H2. The normalized spacial score (nSPS) is 14.9. The molecule has 0 saturated carbocycles. The zero-order valence-corrected chi connectivity index (χ0v) is 14.5. The molecule has 0 spiro atoms. The van der Waals surface area contributed by atoms with Crippen molar-refractivity contribution >= 4 is 15.7 Å². The molecule has 0 aliphatic carbocycles. The first-order valence-electron chi connectivity index (χ1n) is 8.24. The minimum Gasteiger partial charge on any atom is -0.372 e. The van der Waals surface area contributed by atoms with Crippen molar-refractivity contribution in [1.29, 1.82) is 0 Å². The highest BCUT2D eigenvalue weighted by molar-refractivity contribution is 7.89. The number of halogens is 2. The lowest BCUT2D eigenvalue weighted by Gasteiger charge is -2.17. The molecule has 1 fully saturated rings. The molecule has 0 bridgehead atoms. The van der Waals surface area contributed by atoms with E-state index in [1.807, 2.05) is 24.3 Å². The molecule has 0 aromatic heterocycles. The van der Waals surface area contributed by atoms with E-state index >= 15 is 0 Å². The second kappa shape index (κ2) is 7.49. The van der Waals surface area contributed by atoms with Crippen LogP contribution in [0.4, 0.5) is 14.5 Å². The van der Waals surface area contributed by atoms with Gasteiger partial charge in [0, 0.05) is 31.4 Å². The maximum Gasteiger partial charge on any atom is 0.243 e. The highest BCUT2D eigenvalue weighted by Gasteiger charge is 2.19. The fourth-order valence-electron chi connectivity index (χ4n) is 2.95. The highest BCUT2D eigenvalue weighted by atomic mass is 32.2. The van der Waals surface area contributed by atoms with E-state index in [-0.39, 0.29) is 6.54 Å². The van der Waals surface area contributed by atoms with E-state index in [0.717, 1.165) is 30.8 Å². The molecule has 3 rings (SSSR count). The van der Waals surface area contributed by atoms with E-state index in [9.17, 15) is 17.2 Å². The monoisotopic (exact) mass is 366 g/mol. The Labute approximate surface area is 146 Å². The molecule has 2 aromatic carbocycles. The van der Waals surface area contributed by atoms with Gasteiger partial charge in [-0.2, -0.15) is 0 Å². The van der Waals surface area contributed by atoms with Gasteiger partial charge in [0.2, 0.25) is 10.0 Å². The molecule has 1 saturated heterocycles. The summed E-state index contributed by atoms with van der Waals surface area (Å²) in [6.07, 6.45) is 2.91. The van der Waals surface area contributed by atoms with Crippen LogP contribution in [0.5, 0.6) is 0 Å². The van der Waals surface area contributed by atoms with Gasteiger partial charge in [-0.1, -0.05) is 12.1 Å². The van der Waals surface area contributed by atoms with Crippen LogP contribution in [-0.2, 0) is 16.4 Å². The van der Waals surface area contributed by atoms with Gasteiger partial charge in [0.25, 0.3) is 0 Å². The Balaban J connectivity index is 1.58. The van der Waals surface area contributed by atoms with Crippen molar-refractivity contribution in [1.82, 2.24) is 4.72 Å². The average Bonchev–Trinajstić information content (AvgIpc) is 3.09. The first-order chi connectivity index (χ1) is 12.0. The van der Waals surface area contributed by atoms with Gasteiger partial charge < -0.3 is 4.90 Å². The van der Waals surface area contributed by atoms with Crippen LogP contribution in [-0.4, -0.2) is 28.1 Å². The Kier molecular flexibility index (Phi) is 5.34. The molecule has 1 aliphatic heterocycles. The summed E-state index contributed by atoms with van der Waals surface area (Å²) in [7, 11) is -4.00. The predicted octanol–water partition coefficient (Wildman–Crippen LogP) is 3.09. The third-order valence-corrected chi connectivity index (χ3v) is 5.79. The third kappa shape index (κ3) is 4.35. The van der Waals surface area contributed by atoms with Gasteiger partial charge in [-0.15, -0.1) is 0 Å². The lowest BCUT2D eigenvalue weighted by molar-refractivity contribution is 0.543. The van der Waals surface area contributed by atoms with Gasteiger partial charge in [0.15, 0.2) is 0 Å². The molecule has 1 N–H and O–H groups in total. The maximum atomic E-state index is 13.6. The van der Waals surface area contributed by atoms with Crippen molar-refractivity contribution in [2.45, 2.75) is 24.2 Å². The summed E-state index contributed by atoms with van der Waals surface area (Å²) in [5, 5.41) is 0. The Morgan fingerprint density at radius 3 is 2.32 bits per heavy atom. The van der Waals surface area contributed by atoms with Crippen LogP contribution in [0, 0.1) is 11.6 Å². The average molecular weight is 366 g/mol. The summed E-state index contributed by atoms with van der Waals surface area (Å²) < 4.78 is 53.1. The second-order valence-electron chi connectivity index (χ2n) is 6.08. The summed E-state index contributed by atoms with van der Waals surface area (Å²) in [5.41, 5.74) is 2.17. The Bertz CT molecular complexity index is 833. The van der Waals surface area contributed by atoms with E-state index in [2.05, 4.69) is 9.62 Å². The zero-order chi connectivity index (χ0) is 17.9. The van der Waals surface area contributed by atoms with Crippen molar-refractivity contribution in [3.05, 3.63) is 59.7 Å². The van der Waals surface area contributed by atoms with Crippen LogP contribution in [0.25, 0.3) is 0 Å². The number of benzene rings is 2. The molecular weight excluding hydrogens is 346 g/mol. The van der Waals surface area contributed by atoms with E-state index in [4.69, 9.17) is 0 Å². The molecule has 4 nitrogen and oxygen atoms in total. The van der Waals surface area contributed by atoms with Crippen LogP contribution < -0.4 is 9.62 Å².